The lowest BCUT2D eigenvalue weighted by atomic mass is 9.97. The van der Waals surface area contributed by atoms with Crippen molar-refractivity contribution >= 4 is 27.8 Å². The van der Waals surface area contributed by atoms with Crippen LogP contribution in [0, 0.1) is 5.92 Å². The lowest BCUT2D eigenvalue weighted by Crippen LogP contribution is -2.43. The van der Waals surface area contributed by atoms with Crippen LogP contribution in [0.5, 0.6) is 0 Å². The minimum atomic E-state index is -0.0326. The summed E-state index contributed by atoms with van der Waals surface area (Å²) in [5.41, 5.74) is 13.7. The Hall–Kier alpha value is -3.12. The minimum Gasteiger partial charge on any atom is -0.337 e. The van der Waals surface area contributed by atoms with Gasteiger partial charge < -0.3 is 19.8 Å². The smallest absolute Gasteiger partial charge is 0.254 e. The molecule has 2 aromatic heterocycles. The fourth-order valence-electron chi connectivity index (χ4n) is 5.72. The predicted octanol–water partition coefficient (Wildman–Crippen LogP) is 5.07. The summed E-state index contributed by atoms with van der Waals surface area (Å²) in [4.78, 5) is 20.2. The first-order valence-electron chi connectivity index (χ1n) is 13.0. The predicted molar refractivity (Wildman–Crippen MR) is 142 cm³/mol. The third-order valence-corrected chi connectivity index (χ3v) is 7.72. The summed E-state index contributed by atoms with van der Waals surface area (Å²) in [5.74, 6) is 2.24. The fraction of sp³-hybridized carbons (Fsp3) is 0.448. The Morgan fingerprint density at radius 2 is 1.94 bits per heavy atom. The van der Waals surface area contributed by atoms with E-state index in [0.717, 1.165) is 53.4 Å². The zero-order valence-corrected chi connectivity index (χ0v) is 21.2. The molecule has 1 unspecified atom stereocenters. The number of para-hydroxylation sites is 1. The Morgan fingerprint density at radius 1 is 1.14 bits per heavy atom. The lowest BCUT2D eigenvalue weighted by Gasteiger charge is -2.29. The molecule has 2 aliphatic rings. The molecule has 4 aromatic rings. The number of carbonyl (C=O) groups excluding carboxylic acids is 1. The average Bonchev–Trinajstić information content (AvgIpc) is 3.49. The van der Waals surface area contributed by atoms with Crippen LogP contribution in [0.1, 0.15) is 61.0 Å². The van der Waals surface area contributed by atoms with E-state index < -0.39 is 0 Å². The Labute approximate surface area is 206 Å². The summed E-state index contributed by atoms with van der Waals surface area (Å²) in [6.07, 6.45) is 3.46. The Morgan fingerprint density at radius 3 is 2.66 bits per heavy atom. The molecular weight excluding hydrogens is 434 g/mol. The number of fused-ring (bicyclic) bond motifs is 3. The first-order valence-corrected chi connectivity index (χ1v) is 13.0. The van der Waals surface area contributed by atoms with Crippen molar-refractivity contribution in [3.8, 4) is 11.5 Å². The van der Waals surface area contributed by atoms with E-state index >= 15 is 0 Å². The monoisotopic (exact) mass is 469 g/mol. The third kappa shape index (κ3) is 3.75. The molecule has 0 radical (unpaired) electrons. The normalized spacial score (nSPS) is 17.1. The second kappa shape index (κ2) is 8.23. The quantitative estimate of drug-likeness (QED) is 0.428. The van der Waals surface area contributed by atoms with E-state index in [1.807, 2.05) is 17.9 Å². The van der Waals surface area contributed by atoms with Gasteiger partial charge in [0.15, 0.2) is 5.82 Å². The van der Waals surface area contributed by atoms with Gasteiger partial charge in [0.2, 0.25) is 0 Å². The number of aromatic nitrogens is 3. The summed E-state index contributed by atoms with van der Waals surface area (Å²) in [6, 6.07) is 13.1. The zero-order valence-electron chi connectivity index (χ0n) is 21.2. The molecule has 1 atom stereocenters. The van der Waals surface area contributed by atoms with Crippen molar-refractivity contribution in [2.45, 2.75) is 58.5 Å². The molecule has 6 heteroatoms. The van der Waals surface area contributed by atoms with Crippen LogP contribution < -0.4 is 5.73 Å². The van der Waals surface area contributed by atoms with Gasteiger partial charge in [-0.25, -0.2) is 4.98 Å². The van der Waals surface area contributed by atoms with Crippen LogP contribution in [0.3, 0.4) is 0 Å². The Kier molecular flexibility index (Phi) is 5.26. The Balaban J connectivity index is 1.51. The maximum atomic E-state index is 13.2. The maximum absolute atomic E-state index is 13.2. The minimum absolute atomic E-state index is 0.0326. The second-order valence-electron chi connectivity index (χ2n) is 11.0. The van der Waals surface area contributed by atoms with Crippen molar-refractivity contribution in [3.05, 3.63) is 53.1 Å². The van der Waals surface area contributed by atoms with Gasteiger partial charge in [-0.1, -0.05) is 32.0 Å². The number of rotatable bonds is 6. The van der Waals surface area contributed by atoms with E-state index in [4.69, 9.17) is 10.7 Å². The number of benzene rings is 2. The molecule has 0 bridgehead atoms. The number of nitrogens with zero attached hydrogens (tertiary/aromatic N) is 4. The molecule has 6 rings (SSSR count). The molecule has 0 spiro atoms. The van der Waals surface area contributed by atoms with Crippen molar-refractivity contribution in [3.63, 3.8) is 0 Å². The van der Waals surface area contributed by atoms with E-state index in [-0.39, 0.29) is 11.9 Å². The number of amides is 1. The first-order chi connectivity index (χ1) is 16.8. The van der Waals surface area contributed by atoms with Crippen molar-refractivity contribution in [2.75, 3.05) is 13.1 Å². The van der Waals surface area contributed by atoms with Crippen LogP contribution in [0.15, 0.2) is 36.4 Å². The number of nitrogens with two attached hydrogens (primary N) is 1. The maximum Gasteiger partial charge on any atom is 0.254 e. The molecule has 6 nitrogen and oxygen atoms in total. The summed E-state index contributed by atoms with van der Waals surface area (Å²) in [5, 5.41) is 1.28. The van der Waals surface area contributed by atoms with E-state index in [2.05, 4.69) is 60.4 Å². The summed E-state index contributed by atoms with van der Waals surface area (Å²) >= 11 is 0. The molecule has 1 aliphatic carbocycles. The number of carbonyl (C=O) groups is 1. The standard InChI is InChI=1S/C29H35N5O/c1-17(2)22-7-5-6-21-13-26(34(27(21)22)16-19-8-9-19)28-31-24-14-23-20(12-25(24)32(28)4)10-11-33(29(23)35)15-18(3)30/h5-7,12-14,17-19H,8-11,15-16,30H2,1-4H3. The molecule has 0 saturated heterocycles. The summed E-state index contributed by atoms with van der Waals surface area (Å²) < 4.78 is 4.72. The van der Waals surface area contributed by atoms with E-state index in [9.17, 15) is 4.79 Å². The van der Waals surface area contributed by atoms with Gasteiger partial charge >= 0.3 is 0 Å². The van der Waals surface area contributed by atoms with Crippen LogP contribution in [0.25, 0.3) is 33.5 Å². The van der Waals surface area contributed by atoms with Gasteiger partial charge in [0.1, 0.15) is 0 Å². The number of hydrogen-bond donors (Lipinski definition) is 1. The highest BCUT2D eigenvalue weighted by atomic mass is 16.2. The van der Waals surface area contributed by atoms with Gasteiger partial charge in [-0.2, -0.15) is 0 Å². The lowest BCUT2D eigenvalue weighted by molar-refractivity contribution is 0.0732. The number of hydrogen-bond acceptors (Lipinski definition) is 3. The van der Waals surface area contributed by atoms with Crippen molar-refractivity contribution in [1.82, 2.24) is 19.0 Å². The van der Waals surface area contributed by atoms with E-state index in [0.29, 0.717) is 12.5 Å². The van der Waals surface area contributed by atoms with Gasteiger partial charge in [0, 0.05) is 43.7 Å². The topological polar surface area (TPSA) is 69.1 Å². The Bertz CT molecular complexity index is 1450. The molecule has 2 aromatic carbocycles. The molecule has 35 heavy (non-hydrogen) atoms. The number of aryl methyl sites for hydroxylation is 1. The van der Waals surface area contributed by atoms with Crippen molar-refractivity contribution in [1.29, 1.82) is 0 Å². The third-order valence-electron chi connectivity index (χ3n) is 7.72. The first kappa shape index (κ1) is 22.4. The van der Waals surface area contributed by atoms with Gasteiger partial charge in [-0.05, 0) is 67.3 Å². The van der Waals surface area contributed by atoms with Crippen LogP contribution in [0.2, 0.25) is 0 Å². The van der Waals surface area contributed by atoms with Crippen LogP contribution in [-0.2, 0) is 20.0 Å². The highest BCUT2D eigenvalue weighted by Gasteiger charge is 2.29. The highest BCUT2D eigenvalue weighted by molar-refractivity contribution is 6.00. The zero-order chi connectivity index (χ0) is 24.4. The molecule has 1 amide bonds. The molecule has 1 fully saturated rings. The van der Waals surface area contributed by atoms with E-state index in [1.54, 1.807) is 0 Å². The molecule has 182 valence electrons. The van der Waals surface area contributed by atoms with Crippen molar-refractivity contribution < 1.29 is 4.79 Å². The summed E-state index contributed by atoms with van der Waals surface area (Å²) in [7, 11) is 2.10. The largest absolute Gasteiger partial charge is 0.337 e. The molecule has 1 saturated carbocycles. The van der Waals surface area contributed by atoms with Gasteiger partial charge in [-0.3, -0.25) is 4.79 Å². The molecular formula is C29H35N5O. The molecule has 3 heterocycles. The fourth-order valence-corrected chi connectivity index (χ4v) is 5.72. The highest BCUT2D eigenvalue weighted by Crippen LogP contribution is 2.39. The van der Waals surface area contributed by atoms with Gasteiger partial charge in [0.25, 0.3) is 5.91 Å². The average molecular weight is 470 g/mol. The SMILES string of the molecule is CC(N)CN1CCc2cc3c(cc2C1=O)nc(-c1cc2cccc(C(C)C)c2n1CC1CC1)n3C. The van der Waals surface area contributed by atoms with Crippen molar-refractivity contribution in [2.24, 2.45) is 18.7 Å². The van der Waals surface area contributed by atoms with Crippen LogP contribution in [0.4, 0.5) is 0 Å². The van der Waals surface area contributed by atoms with Crippen LogP contribution in [-0.4, -0.2) is 44.1 Å². The summed E-state index contributed by atoms with van der Waals surface area (Å²) in [6.45, 7) is 8.83. The van der Waals surface area contributed by atoms with Gasteiger partial charge in [0.05, 0.1) is 22.2 Å². The molecule has 1 aliphatic heterocycles. The second-order valence-corrected chi connectivity index (χ2v) is 11.0. The van der Waals surface area contributed by atoms with Gasteiger partial charge in [-0.15, -0.1) is 0 Å². The van der Waals surface area contributed by atoms with Crippen LogP contribution >= 0.6 is 0 Å². The van der Waals surface area contributed by atoms with E-state index in [1.165, 1.54) is 35.0 Å². The number of imidazole rings is 1. The molecule has 2 N–H and O–H groups in total.